The van der Waals surface area contributed by atoms with Crippen molar-refractivity contribution in [1.29, 1.82) is 0 Å². The number of hydrogen-bond donors (Lipinski definition) is 2. The van der Waals surface area contributed by atoms with E-state index in [4.69, 9.17) is 5.73 Å². The van der Waals surface area contributed by atoms with E-state index in [9.17, 15) is 4.79 Å². The summed E-state index contributed by atoms with van der Waals surface area (Å²) in [6, 6.07) is 9.46. The van der Waals surface area contributed by atoms with E-state index in [1.807, 2.05) is 55.8 Å². The van der Waals surface area contributed by atoms with Crippen LogP contribution in [-0.2, 0) is 0 Å². The van der Waals surface area contributed by atoms with Gasteiger partial charge in [-0.15, -0.1) is 12.4 Å². The Bertz CT molecular complexity index is 622. The van der Waals surface area contributed by atoms with E-state index in [2.05, 4.69) is 10.4 Å². The molecule has 0 spiro atoms. The zero-order valence-corrected chi connectivity index (χ0v) is 14.0. The molecule has 2 aromatic rings. The average molecular weight is 323 g/mol. The van der Waals surface area contributed by atoms with Gasteiger partial charge in [-0.3, -0.25) is 4.79 Å². The molecule has 0 bridgehead atoms. The van der Waals surface area contributed by atoms with Crippen molar-refractivity contribution in [3.8, 4) is 5.69 Å². The third kappa shape index (κ3) is 4.32. The number of nitrogens with two attached hydrogens (primary N) is 1. The summed E-state index contributed by atoms with van der Waals surface area (Å²) in [5, 5.41) is 7.31. The summed E-state index contributed by atoms with van der Waals surface area (Å²) in [7, 11) is 0. The Morgan fingerprint density at radius 3 is 2.45 bits per heavy atom. The van der Waals surface area contributed by atoms with Crippen molar-refractivity contribution in [3.05, 3.63) is 47.3 Å². The maximum Gasteiger partial charge on any atom is 0.251 e. The molecule has 6 heteroatoms. The molecule has 120 valence electrons. The number of nitrogens with one attached hydrogen (secondary N) is 1. The van der Waals surface area contributed by atoms with Gasteiger partial charge in [0.05, 0.1) is 11.4 Å². The molecule has 1 aromatic carbocycles. The smallest absolute Gasteiger partial charge is 0.251 e. The van der Waals surface area contributed by atoms with Crippen LogP contribution >= 0.6 is 12.4 Å². The average Bonchev–Trinajstić information content (AvgIpc) is 2.83. The second-order valence-corrected chi connectivity index (χ2v) is 5.44. The van der Waals surface area contributed by atoms with Gasteiger partial charge < -0.3 is 11.1 Å². The number of aryl methyl sites for hydroxylation is 2. The molecule has 1 amide bonds. The number of benzene rings is 1. The minimum Gasteiger partial charge on any atom is -0.352 e. The molecular weight excluding hydrogens is 300 g/mol. The fraction of sp³-hybridized carbons (Fsp3) is 0.375. The third-order valence-electron chi connectivity index (χ3n) is 3.40. The van der Waals surface area contributed by atoms with Gasteiger partial charge in [0, 0.05) is 17.8 Å². The highest BCUT2D eigenvalue weighted by Gasteiger charge is 2.08. The largest absolute Gasteiger partial charge is 0.352 e. The van der Waals surface area contributed by atoms with Crippen molar-refractivity contribution in [2.24, 2.45) is 11.7 Å². The van der Waals surface area contributed by atoms with Crippen molar-refractivity contribution < 1.29 is 4.79 Å². The number of hydrogen-bond acceptors (Lipinski definition) is 3. The lowest BCUT2D eigenvalue weighted by atomic mass is 10.1. The maximum absolute atomic E-state index is 12.0. The lowest BCUT2D eigenvalue weighted by molar-refractivity contribution is 0.0948. The Morgan fingerprint density at radius 2 is 1.95 bits per heavy atom. The van der Waals surface area contributed by atoms with Crippen LogP contribution in [0, 0.1) is 19.8 Å². The molecule has 1 unspecified atom stereocenters. The predicted octanol–water partition coefficient (Wildman–Crippen LogP) is 2.24. The minimum atomic E-state index is -0.0739. The number of aromatic nitrogens is 2. The van der Waals surface area contributed by atoms with E-state index in [1.54, 1.807) is 0 Å². The van der Waals surface area contributed by atoms with E-state index in [0.29, 0.717) is 18.7 Å². The molecule has 3 N–H and O–H groups in total. The SMILES string of the molecule is Cc1cc(C)n(-c2ccc(C(=O)NCC(C)CN)cc2)n1.Cl. The molecule has 0 aliphatic heterocycles. The highest BCUT2D eigenvalue weighted by atomic mass is 35.5. The summed E-state index contributed by atoms with van der Waals surface area (Å²) in [6.45, 7) is 7.14. The van der Waals surface area contributed by atoms with Crippen LogP contribution in [0.2, 0.25) is 0 Å². The van der Waals surface area contributed by atoms with E-state index in [0.717, 1.165) is 17.1 Å². The lowest BCUT2D eigenvalue weighted by Crippen LogP contribution is -2.31. The Balaban J connectivity index is 0.00000242. The summed E-state index contributed by atoms with van der Waals surface area (Å²) in [6.07, 6.45) is 0. The van der Waals surface area contributed by atoms with Gasteiger partial charge in [0.25, 0.3) is 5.91 Å². The van der Waals surface area contributed by atoms with Crippen LogP contribution in [-0.4, -0.2) is 28.8 Å². The van der Waals surface area contributed by atoms with E-state index in [-0.39, 0.29) is 24.2 Å². The second kappa shape index (κ2) is 7.96. The molecule has 5 nitrogen and oxygen atoms in total. The molecule has 0 saturated heterocycles. The third-order valence-corrected chi connectivity index (χ3v) is 3.40. The normalized spacial score (nSPS) is 11.6. The van der Waals surface area contributed by atoms with Gasteiger partial charge in [0.1, 0.15) is 0 Å². The molecule has 0 saturated carbocycles. The van der Waals surface area contributed by atoms with Crippen molar-refractivity contribution >= 4 is 18.3 Å². The highest BCUT2D eigenvalue weighted by molar-refractivity contribution is 5.94. The van der Waals surface area contributed by atoms with E-state index in [1.165, 1.54) is 0 Å². The van der Waals surface area contributed by atoms with Crippen LogP contribution in [0.25, 0.3) is 5.69 Å². The molecule has 0 aliphatic rings. The minimum absolute atomic E-state index is 0. The Hall–Kier alpha value is -1.85. The molecule has 0 radical (unpaired) electrons. The van der Waals surface area contributed by atoms with Crippen LogP contribution in [0.4, 0.5) is 0 Å². The maximum atomic E-state index is 12.0. The molecule has 0 fully saturated rings. The predicted molar refractivity (Wildman–Crippen MR) is 90.8 cm³/mol. The first-order valence-electron chi connectivity index (χ1n) is 7.13. The lowest BCUT2D eigenvalue weighted by Gasteiger charge is -2.10. The standard InChI is InChI=1S/C16H22N4O.ClH/c1-11(9-17)10-18-16(21)14-4-6-15(7-5-14)20-13(3)8-12(2)19-20;/h4-8,11H,9-10,17H2,1-3H3,(H,18,21);1H. The number of carbonyl (C=O) groups is 1. The molecule has 1 aromatic heterocycles. The van der Waals surface area contributed by atoms with Gasteiger partial charge in [-0.2, -0.15) is 5.10 Å². The summed E-state index contributed by atoms with van der Waals surface area (Å²) in [5.74, 6) is 0.207. The van der Waals surface area contributed by atoms with Crippen LogP contribution in [0.1, 0.15) is 28.7 Å². The number of carbonyl (C=O) groups excluding carboxylic acids is 1. The van der Waals surface area contributed by atoms with Crippen molar-refractivity contribution in [2.45, 2.75) is 20.8 Å². The highest BCUT2D eigenvalue weighted by Crippen LogP contribution is 2.13. The summed E-state index contributed by atoms with van der Waals surface area (Å²) in [5.41, 5.74) is 9.18. The summed E-state index contributed by atoms with van der Waals surface area (Å²) in [4.78, 5) is 12.0. The Labute approximate surface area is 137 Å². The van der Waals surface area contributed by atoms with Crippen LogP contribution in [0.15, 0.2) is 30.3 Å². The van der Waals surface area contributed by atoms with Crippen LogP contribution in [0.3, 0.4) is 0 Å². The van der Waals surface area contributed by atoms with Crippen molar-refractivity contribution in [3.63, 3.8) is 0 Å². The molecule has 1 atom stereocenters. The zero-order chi connectivity index (χ0) is 15.4. The molecule has 22 heavy (non-hydrogen) atoms. The fourth-order valence-electron chi connectivity index (χ4n) is 2.10. The van der Waals surface area contributed by atoms with Crippen molar-refractivity contribution in [2.75, 3.05) is 13.1 Å². The fourth-order valence-corrected chi connectivity index (χ4v) is 2.10. The number of nitrogens with zero attached hydrogens (tertiary/aromatic N) is 2. The summed E-state index contributed by atoms with van der Waals surface area (Å²) < 4.78 is 1.87. The first-order valence-corrected chi connectivity index (χ1v) is 7.13. The van der Waals surface area contributed by atoms with Crippen LogP contribution in [0.5, 0.6) is 0 Å². The molecular formula is C16H23ClN4O. The number of amides is 1. The monoisotopic (exact) mass is 322 g/mol. The number of halogens is 1. The van der Waals surface area contributed by atoms with Gasteiger partial charge in [-0.05, 0) is 56.6 Å². The van der Waals surface area contributed by atoms with Crippen LogP contribution < -0.4 is 11.1 Å². The van der Waals surface area contributed by atoms with Crippen molar-refractivity contribution in [1.82, 2.24) is 15.1 Å². The van der Waals surface area contributed by atoms with E-state index < -0.39 is 0 Å². The van der Waals surface area contributed by atoms with Gasteiger partial charge in [-0.25, -0.2) is 4.68 Å². The topological polar surface area (TPSA) is 72.9 Å². The van der Waals surface area contributed by atoms with Gasteiger partial charge in [0.15, 0.2) is 0 Å². The van der Waals surface area contributed by atoms with E-state index >= 15 is 0 Å². The molecule has 1 heterocycles. The molecule has 0 aliphatic carbocycles. The quantitative estimate of drug-likeness (QED) is 0.886. The Kier molecular flexibility index (Phi) is 6.59. The van der Waals surface area contributed by atoms with Gasteiger partial charge in [0.2, 0.25) is 0 Å². The first kappa shape index (κ1) is 18.2. The Morgan fingerprint density at radius 1 is 1.32 bits per heavy atom. The summed E-state index contributed by atoms with van der Waals surface area (Å²) >= 11 is 0. The first-order chi connectivity index (χ1) is 10.0. The van der Waals surface area contributed by atoms with Gasteiger partial charge >= 0.3 is 0 Å². The second-order valence-electron chi connectivity index (χ2n) is 5.44. The van der Waals surface area contributed by atoms with Gasteiger partial charge in [-0.1, -0.05) is 6.92 Å². The zero-order valence-electron chi connectivity index (χ0n) is 13.2. The number of rotatable bonds is 5. The molecule has 2 rings (SSSR count).